The van der Waals surface area contributed by atoms with Gasteiger partial charge in [-0.1, -0.05) is 45.7 Å². The molecule has 2 heterocycles. The number of nitrogens with two attached hydrogens (primary N) is 1. The minimum atomic E-state index is -0.685. The monoisotopic (exact) mass is 525 g/mol. The number of carbonyl (C=O) groups excluding carboxylic acids is 2. The normalized spacial score (nSPS) is 17.7. The number of nitrogens with zero attached hydrogens (tertiary/aromatic N) is 4. The van der Waals surface area contributed by atoms with E-state index in [1.165, 1.54) is 16.7 Å². The van der Waals surface area contributed by atoms with Gasteiger partial charge < -0.3 is 31.3 Å². The van der Waals surface area contributed by atoms with Crippen molar-refractivity contribution in [3.63, 3.8) is 0 Å². The fourth-order valence-corrected chi connectivity index (χ4v) is 5.42. The zero-order chi connectivity index (χ0) is 27.9. The fraction of sp³-hybridized carbons (Fsp3) is 0.571. The van der Waals surface area contributed by atoms with Crippen LogP contribution in [-0.2, 0) is 5.41 Å². The Hall–Kier alpha value is -3.40. The summed E-state index contributed by atoms with van der Waals surface area (Å²) in [7, 11) is 3.35. The lowest BCUT2D eigenvalue weighted by Crippen LogP contribution is -2.58. The SMILES string of the molecule is CCCC(C)(CCC)c1ccc(Nc2nc(N3CCCC(NC(=O)N(C)C)C3CO)cnc2C(N)=O)cc1. The van der Waals surface area contributed by atoms with Crippen molar-refractivity contribution in [2.45, 2.75) is 76.8 Å². The summed E-state index contributed by atoms with van der Waals surface area (Å²) in [4.78, 5) is 36.9. The molecule has 1 fully saturated rings. The summed E-state index contributed by atoms with van der Waals surface area (Å²) in [6, 6.07) is 7.36. The van der Waals surface area contributed by atoms with Crippen LogP contribution in [-0.4, -0.2) is 71.2 Å². The van der Waals surface area contributed by atoms with Crippen molar-refractivity contribution in [1.82, 2.24) is 20.2 Å². The molecule has 1 saturated heterocycles. The molecular formula is C28H43N7O3. The molecule has 2 unspecified atom stereocenters. The zero-order valence-corrected chi connectivity index (χ0v) is 23.3. The van der Waals surface area contributed by atoms with Crippen LogP contribution in [0.1, 0.15) is 75.3 Å². The molecule has 1 aromatic carbocycles. The quantitative estimate of drug-likeness (QED) is 0.350. The number of amides is 3. The van der Waals surface area contributed by atoms with Gasteiger partial charge in [-0.25, -0.2) is 14.8 Å². The van der Waals surface area contributed by atoms with Gasteiger partial charge in [-0.2, -0.15) is 0 Å². The van der Waals surface area contributed by atoms with Crippen molar-refractivity contribution in [2.75, 3.05) is 37.5 Å². The number of benzene rings is 1. The molecule has 10 heteroatoms. The van der Waals surface area contributed by atoms with E-state index in [0.717, 1.165) is 44.2 Å². The van der Waals surface area contributed by atoms with Crippen LogP contribution in [0.4, 0.5) is 22.1 Å². The number of aromatic nitrogens is 2. The first-order valence-corrected chi connectivity index (χ1v) is 13.5. The Balaban J connectivity index is 1.88. The molecule has 2 atom stereocenters. The first kappa shape index (κ1) is 29.2. The third-order valence-electron chi connectivity index (χ3n) is 7.42. The molecule has 3 amide bonds. The molecule has 1 aromatic heterocycles. The number of nitrogens with one attached hydrogen (secondary N) is 2. The van der Waals surface area contributed by atoms with Crippen molar-refractivity contribution in [1.29, 1.82) is 0 Å². The number of primary amides is 1. The molecule has 0 aliphatic carbocycles. The fourth-order valence-electron chi connectivity index (χ4n) is 5.42. The van der Waals surface area contributed by atoms with Crippen LogP contribution in [0.25, 0.3) is 0 Å². The van der Waals surface area contributed by atoms with E-state index in [-0.39, 0.29) is 41.6 Å². The van der Waals surface area contributed by atoms with E-state index in [0.29, 0.717) is 12.4 Å². The highest BCUT2D eigenvalue weighted by atomic mass is 16.3. The summed E-state index contributed by atoms with van der Waals surface area (Å²) in [6.07, 6.45) is 7.49. The average molecular weight is 526 g/mol. The summed E-state index contributed by atoms with van der Waals surface area (Å²) >= 11 is 0. The first-order chi connectivity index (χ1) is 18.1. The van der Waals surface area contributed by atoms with Crippen molar-refractivity contribution >= 4 is 29.3 Å². The number of aliphatic hydroxyl groups excluding tert-OH is 1. The number of aliphatic hydroxyl groups is 1. The highest BCUT2D eigenvalue weighted by Crippen LogP contribution is 2.35. The molecule has 0 saturated carbocycles. The van der Waals surface area contributed by atoms with Crippen LogP contribution >= 0.6 is 0 Å². The predicted molar refractivity (Wildman–Crippen MR) is 151 cm³/mol. The predicted octanol–water partition coefficient (Wildman–Crippen LogP) is 3.78. The molecule has 10 nitrogen and oxygen atoms in total. The van der Waals surface area contributed by atoms with Crippen molar-refractivity contribution in [3.05, 3.63) is 41.7 Å². The van der Waals surface area contributed by atoms with Crippen LogP contribution in [0, 0.1) is 0 Å². The highest BCUT2D eigenvalue weighted by molar-refractivity contribution is 5.96. The van der Waals surface area contributed by atoms with E-state index in [1.54, 1.807) is 14.1 Å². The van der Waals surface area contributed by atoms with Gasteiger partial charge in [0.1, 0.15) is 5.82 Å². The van der Waals surface area contributed by atoms with E-state index in [9.17, 15) is 14.7 Å². The largest absolute Gasteiger partial charge is 0.394 e. The minimum Gasteiger partial charge on any atom is -0.394 e. The lowest BCUT2D eigenvalue weighted by Gasteiger charge is -2.41. The molecule has 1 aliphatic heterocycles. The lowest BCUT2D eigenvalue weighted by molar-refractivity contribution is 0.0996. The summed E-state index contributed by atoms with van der Waals surface area (Å²) in [6.45, 7) is 7.20. The molecule has 1 aliphatic rings. The second-order valence-electron chi connectivity index (χ2n) is 10.6. The Labute approximate surface area is 226 Å². The molecule has 208 valence electrons. The van der Waals surface area contributed by atoms with Gasteiger partial charge in [0.2, 0.25) is 0 Å². The van der Waals surface area contributed by atoms with Gasteiger partial charge >= 0.3 is 6.03 Å². The third-order valence-corrected chi connectivity index (χ3v) is 7.42. The lowest BCUT2D eigenvalue weighted by atomic mass is 9.75. The summed E-state index contributed by atoms with van der Waals surface area (Å²) in [5.41, 5.74) is 7.82. The smallest absolute Gasteiger partial charge is 0.317 e. The average Bonchev–Trinajstić information content (AvgIpc) is 2.89. The number of anilines is 3. The number of carbonyl (C=O) groups is 2. The van der Waals surface area contributed by atoms with Gasteiger partial charge in [0.15, 0.2) is 11.5 Å². The van der Waals surface area contributed by atoms with Crippen LogP contribution in [0.2, 0.25) is 0 Å². The minimum absolute atomic E-state index is 0.0367. The Bertz CT molecular complexity index is 1080. The molecule has 0 bridgehead atoms. The standard InChI is InChI=1S/C28H43N7O3/c1-6-14-28(3,15-7-2)19-10-12-20(13-11-19)31-26-24(25(29)37)30-17-23(33-26)35-16-8-9-21(22(35)18-36)32-27(38)34(4)5/h10-13,17,21-22,36H,6-9,14-16,18H2,1-5H3,(H2,29,37)(H,31,33)(H,32,38). The Morgan fingerprint density at radius 2 is 1.84 bits per heavy atom. The van der Waals surface area contributed by atoms with Crippen molar-refractivity contribution < 1.29 is 14.7 Å². The maximum atomic E-state index is 12.3. The Kier molecular flexibility index (Phi) is 9.90. The van der Waals surface area contributed by atoms with Gasteiger partial charge in [-0.3, -0.25) is 4.79 Å². The van der Waals surface area contributed by atoms with Gasteiger partial charge in [-0.05, 0) is 48.8 Å². The second kappa shape index (κ2) is 12.9. The van der Waals surface area contributed by atoms with Gasteiger partial charge in [0.05, 0.1) is 24.9 Å². The molecular weight excluding hydrogens is 482 g/mol. The topological polar surface area (TPSA) is 137 Å². The molecule has 0 spiro atoms. The van der Waals surface area contributed by atoms with Crippen LogP contribution in [0.3, 0.4) is 0 Å². The van der Waals surface area contributed by atoms with E-state index < -0.39 is 5.91 Å². The second-order valence-corrected chi connectivity index (χ2v) is 10.6. The highest BCUT2D eigenvalue weighted by Gasteiger charge is 2.34. The van der Waals surface area contributed by atoms with Crippen LogP contribution < -0.4 is 21.3 Å². The Morgan fingerprint density at radius 1 is 1.18 bits per heavy atom. The molecule has 3 rings (SSSR count). The van der Waals surface area contributed by atoms with Crippen LogP contribution in [0.5, 0.6) is 0 Å². The first-order valence-electron chi connectivity index (χ1n) is 13.5. The number of rotatable bonds is 11. The van der Waals surface area contributed by atoms with Gasteiger partial charge in [0.25, 0.3) is 5.91 Å². The maximum Gasteiger partial charge on any atom is 0.317 e. The Morgan fingerprint density at radius 3 is 2.39 bits per heavy atom. The van der Waals surface area contributed by atoms with Gasteiger partial charge in [0, 0.05) is 26.3 Å². The van der Waals surface area contributed by atoms with Crippen LogP contribution in [0.15, 0.2) is 30.5 Å². The van der Waals surface area contributed by atoms with Crippen molar-refractivity contribution in [3.8, 4) is 0 Å². The summed E-state index contributed by atoms with van der Waals surface area (Å²) < 4.78 is 0. The van der Waals surface area contributed by atoms with E-state index in [4.69, 9.17) is 10.7 Å². The summed E-state index contributed by atoms with van der Waals surface area (Å²) in [5, 5.41) is 16.4. The molecule has 0 radical (unpaired) electrons. The van der Waals surface area contributed by atoms with Gasteiger partial charge in [-0.15, -0.1) is 0 Å². The zero-order valence-electron chi connectivity index (χ0n) is 23.3. The number of piperidine rings is 1. The van der Waals surface area contributed by atoms with E-state index in [2.05, 4.69) is 48.5 Å². The van der Waals surface area contributed by atoms with E-state index in [1.807, 2.05) is 17.0 Å². The number of hydrogen-bond donors (Lipinski definition) is 4. The van der Waals surface area contributed by atoms with Crippen molar-refractivity contribution in [2.24, 2.45) is 5.73 Å². The third kappa shape index (κ3) is 6.72. The maximum absolute atomic E-state index is 12.3. The molecule has 2 aromatic rings. The van der Waals surface area contributed by atoms with E-state index >= 15 is 0 Å². The number of hydrogen-bond acceptors (Lipinski definition) is 7. The summed E-state index contributed by atoms with van der Waals surface area (Å²) in [5.74, 6) is 0.0642. The number of urea groups is 1. The molecule has 38 heavy (non-hydrogen) atoms. The molecule has 5 N–H and O–H groups in total.